The zero-order chi connectivity index (χ0) is 17.4. The number of fused-ring (bicyclic) bond motifs is 1. The third-order valence-electron chi connectivity index (χ3n) is 3.88. The summed E-state index contributed by atoms with van der Waals surface area (Å²) < 4.78 is 1.40. The Kier molecular flexibility index (Phi) is 3.95. The average Bonchev–Trinajstić information content (AvgIpc) is 2.57. The van der Waals surface area contributed by atoms with Gasteiger partial charge in [0.2, 0.25) is 5.91 Å². The van der Waals surface area contributed by atoms with Gasteiger partial charge in [0.05, 0.1) is 11.1 Å². The molecule has 5 nitrogen and oxygen atoms in total. The summed E-state index contributed by atoms with van der Waals surface area (Å²) >= 11 is 5.83. The van der Waals surface area contributed by atoms with Crippen molar-refractivity contribution in [3.63, 3.8) is 0 Å². The molecule has 1 aromatic heterocycles. The Morgan fingerprint density at radius 1 is 1.00 bits per heavy atom. The van der Waals surface area contributed by atoms with Gasteiger partial charge in [-0.2, -0.15) is 0 Å². The van der Waals surface area contributed by atoms with Gasteiger partial charge in [-0.25, -0.2) is 0 Å². The van der Waals surface area contributed by atoms with Crippen LogP contribution in [-0.2, 0) is 7.05 Å². The van der Waals surface area contributed by atoms with Gasteiger partial charge in [-0.15, -0.1) is 0 Å². The Bertz CT molecular complexity index is 1040. The molecule has 0 aliphatic rings. The number of hydrogen-bond acceptors (Lipinski definition) is 3. The number of primary amides is 1. The number of carbonyl (C=O) groups is 2. The molecule has 0 saturated heterocycles. The van der Waals surface area contributed by atoms with Crippen LogP contribution in [0, 0.1) is 0 Å². The Hall–Kier alpha value is -2.92. The molecule has 0 atom stereocenters. The number of nitrogens with two attached hydrogens (primary N) is 1. The van der Waals surface area contributed by atoms with Gasteiger partial charge in [0.25, 0.3) is 5.56 Å². The number of nitrogens with zero attached hydrogens (tertiary/aromatic N) is 1. The van der Waals surface area contributed by atoms with Crippen LogP contribution in [-0.4, -0.2) is 16.3 Å². The third-order valence-corrected chi connectivity index (χ3v) is 4.13. The van der Waals surface area contributed by atoms with E-state index in [4.69, 9.17) is 17.3 Å². The molecule has 0 radical (unpaired) electrons. The van der Waals surface area contributed by atoms with Gasteiger partial charge in [0, 0.05) is 34.6 Å². The molecular formula is C18H13ClN2O3. The molecule has 0 unspecified atom stereocenters. The SMILES string of the molecule is Cn1c(=O)cc(C(N)=O)c2cc(C(=O)c3ccc(Cl)cc3)ccc21. The van der Waals surface area contributed by atoms with Gasteiger partial charge < -0.3 is 10.3 Å². The lowest BCUT2D eigenvalue weighted by atomic mass is 9.99. The van der Waals surface area contributed by atoms with E-state index in [1.54, 1.807) is 49.5 Å². The molecular weight excluding hydrogens is 328 g/mol. The summed E-state index contributed by atoms with van der Waals surface area (Å²) in [6.07, 6.45) is 0. The van der Waals surface area contributed by atoms with Crippen molar-refractivity contribution in [2.75, 3.05) is 0 Å². The molecule has 6 heteroatoms. The number of aromatic nitrogens is 1. The predicted molar refractivity (Wildman–Crippen MR) is 92.6 cm³/mol. The minimum absolute atomic E-state index is 0.0962. The number of aryl methyl sites for hydroxylation is 1. The number of halogens is 1. The molecule has 3 rings (SSSR count). The van der Waals surface area contributed by atoms with E-state index in [0.717, 1.165) is 0 Å². The summed E-state index contributed by atoms with van der Waals surface area (Å²) in [6.45, 7) is 0. The summed E-state index contributed by atoms with van der Waals surface area (Å²) in [5.41, 5.74) is 6.52. The van der Waals surface area contributed by atoms with Crippen molar-refractivity contribution in [3.8, 4) is 0 Å². The molecule has 3 aromatic rings. The highest BCUT2D eigenvalue weighted by atomic mass is 35.5. The average molecular weight is 341 g/mol. The molecule has 24 heavy (non-hydrogen) atoms. The van der Waals surface area contributed by atoms with Crippen molar-refractivity contribution >= 4 is 34.2 Å². The maximum atomic E-state index is 12.6. The summed E-state index contributed by atoms with van der Waals surface area (Å²) in [5.74, 6) is -0.924. The van der Waals surface area contributed by atoms with Crippen LogP contribution in [0.5, 0.6) is 0 Å². The number of pyridine rings is 1. The second-order valence-corrected chi connectivity index (χ2v) is 5.82. The Morgan fingerprint density at radius 2 is 1.62 bits per heavy atom. The molecule has 1 amide bonds. The van der Waals surface area contributed by atoms with Gasteiger partial charge in [0.1, 0.15) is 0 Å². The lowest BCUT2D eigenvalue weighted by molar-refractivity contribution is 0.0999. The molecule has 2 aromatic carbocycles. The van der Waals surface area contributed by atoms with Crippen molar-refractivity contribution in [1.82, 2.24) is 4.57 Å². The van der Waals surface area contributed by atoms with Crippen molar-refractivity contribution < 1.29 is 9.59 Å². The maximum Gasteiger partial charge on any atom is 0.251 e. The number of benzene rings is 2. The van der Waals surface area contributed by atoms with E-state index in [1.165, 1.54) is 10.6 Å². The summed E-state index contributed by atoms with van der Waals surface area (Å²) in [7, 11) is 1.59. The Morgan fingerprint density at radius 3 is 2.25 bits per heavy atom. The first-order valence-electron chi connectivity index (χ1n) is 7.12. The monoisotopic (exact) mass is 340 g/mol. The highest BCUT2D eigenvalue weighted by Gasteiger charge is 2.15. The van der Waals surface area contributed by atoms with E-state index < -0.39 is 5.91 Å². The van der Waals surface area contributed by atoms with Gasteiger partial charge in [-0.1, -0.05) is 11.6 Å². The van der Waals surface area contributed by atoms with Crippen LogP contribution in [0.15, 0.2) is 53.3 Å². The molecule has 0 aliphatic carbocycles. The largest absolute Gasteiger partial charge is 0.366 e. The quantitative estimate of drug-likeness (QED) is 0.744. The lowest BCUT2D eigenvalue weighted by Gasteiger charge is -2.10. The number of hydrogen-bond donors (Lipinski definition) is 1. The third kappa shape index (κ3) is 2.70. The molecule has 0 aliphatic heterocycles. The van der Waals surface area contributed by atoms with Gasteiger partial charge in [-0.3, -0.25) is 14.4 Å². The molecule has 1 heterocycles. The van der Waals surface area contributed by atoms with Crippen LogP contribution in [0.1, 0.15) is 26.3 Å². The van der Waals surface area contributed by atoms with Crippen molar-refractivity contribution in [1.29, 1.82) is 0 Å². The number of amides is 1. The number of rotatable bonds is 3. The van der Waals surface area contributed by atoms with Crippen LogP contribution < -0.4 is 11.3 Å². The normalized spacial score (nSPS) is 10.8. The van der Waals surface area contributed by atoms with E-state index >= 15 is 0 Å². The second-order valence-electron chi connectivity index (χ2n) is 5.39. The van der Waals surface area contributed by atoms with E-state index in [0.29, 0.717) is 27.1 Å². The first kappa shape index (κ1) is 16.0. The highest BCUT2D eigenvalue weighted by molar-refractivity contribution is 6.30. The van der Waals surface area contributed by atoms with E-state index in [-0.39, 0.29) is 16.9 Å². The second kappa shape index (κ2) is 5.94. The highest BCUT2D eigenvalue weighted by Crippen LogP contribution is 2.21. The molecule has 0 bridgehead atoms. The minimum Gasteiger partial charge on any atom is -0.366 e. The van der Waals surface area contributed by atoms with E-state index in [9.17, 15) is 14.4 Å². The fraction of sp³-hybridized carbons (Fsp3) is 0.0556. The van der Waals surface area contributed by atoms with E-state index in [1.807, 2.05) is 0 Å². The van der Waals surface area contributed by atoms with Crippen LogP contribution in [0.3, 0.4) is 0 Å². The molecule has 0 saturated carbocycles. The Labute approximate surface area is 142 Å². The fourth-order valence-electron chi connectivity index (χ4n) is 2.57. The summed E-state index contributed by atoms with van der Waals surface area (Å²) in [4.78, 5) is 36.2. The minimum atomic E-state index is -0.714. The van der Waals surface area contributed by atoms with Gasteiger partial charge in [-0.05, 0) is 42.5 Å². The van der Waals surface area contributed by atoms with Crippen molar-refractivity contribution in [2.24, 2.45) is 12.8 Å². The van der Waals surface area contributed by atoms with Crippen LogP contribution in [0.25, 0.3) is 10.9 Å². The number of ketones is 1. The molecule has 120 valence electrons. The lowest BCUT2D eigenvalue weighted by Crippen LogP contribution is -2.22. The van der Waals surface area contributed by atoms with Crippen molar-refractivity contribution in [2.45, 2.75) is 0 Å². The number of carbonyl (C=O) groups excluding carboxylic acids is 2. The maximum absolute atomic E-state index is 12.6. The zero-order valence-electron chi connectivity index (χ0n) is 12.7. The molecule has 0 fully saturated rings. The molecule has 0 spiro atoms. The van der Waals surface area contributed by atoms with Crippen molar-refractivity contribution in [3.05, 3.63) is 80.6 Å². The fourth-order valence-corrected chi connectivity index (χ4v) is 2.70. The van der Waals surface area contributed by atoms with Crippen LogP contribution in [0.2, 0.25) is 5.02 Å². The smallest absolute Gasteiger partial charge is 0.251 e. The predicted octanol–water partition coefficient (Wildman–Crippen LogP) is 2.52. The van der Waals surface area contributed by atoms with E-state index in [2.05, 4.69) is 0 Å². The van der Waals surface area contributed by atoms with Crippen LogP contribution >= 0.6 is 11.6 Å². The molecule has 2 N–H and O–H groups in total. The summed E-state index contributed by atoms with van der Waals surface area (Å²) in [6, 6.07) is 12.5. The first-order chi connectivity index (χ1) is 11.4. The van der Waals surface area contributed by atoms with Gasteiger partial charge >= 0.3 is 0 Å². The first-order valence-corrected chi connectivity index (χ1v) is 7.50. The topological polar surface area (TPSA) is 82.2 Å². The zero-order valence-corrected chi connectivity index (χ0v) is 13.5. The van der Waals surface area contributed by atoms with Crippen LogP contribution in [0.4, 0.5) is 0 Å². The summed E-state index contributed by atoms with van der Waals surface area (Å²) in [5, 5.41) is 1.00. The van der Waals surface area contributed by atoms with Gasteiger partial charge in [0.15, 0.2) is 5.78 Å². The standard InChI is InChI=1S/C18H13ClN2O3/c1-21-15-7-4-11(17(23)10-2-5-12(19)6-3-10)8-13(15)14(18(20)24)9-16(21)22/h2-9H,1H3,(H2,20,24). The Balaban J connectivity index is 2.21.